The van der Waals surface area contributed by atoms with Crippen molar-refractivity contribution in [2.24, 2.45) is 0 Å². The summed E-state index contributed by atoms with van der Waals surface area (Å²) in [7, 11) is -3.35. The van der Waals surface area contributed by atoms with Crippen molar-refractivity contribution in [3.05, 3.63) is 34.9 Å². The van der Waals surface area contributed by atoms with Crippen molar-refractivity contribution in [2.45, 2.75) is 17.2 Å². The highest BCUT2D eigenvalue weighted by atomic mass is 31.2. The molecule has 1 aromatic rings. The Morgan fingerprint density at radius 1 is 1.00 bits per heavy atom. The predicted octanol–water partition coefficient (Wildman–Crippen LogP) is 1.56. The summed E-state index contributed by atoms with van der Waals surface area (Å²) >= 11 is 0. The van der Waals surface area contributed by atoms with E-state index >= 15 is 0 Å². The minimum Gasteiger partial charge on any atom is -0.324 e. The summed E-state index contributed by atoms with van der Waals surface area (Å²) in [5.74, 6) is 0. The fraction of sp³-hybridized carbons (Fsp3) is 0.500. The molecule has 0 aliphatic rings. The van der Waals surface area contributed by atoms with Crippen LogP contribution in [0.5, 0.6) is 0 Å². The van der Waals surface area contributed by atoms with E-state index in [0.717, 1.165) is 21.3 Å². The quantitative estimate of drug-likeness (QED) is 0.416. The van der Waals surface area contributed by atoms with Crippen molar-refractivity contribution < 1.29 is 42.8 Å². The molecule has 0 spiro atoms. The number of hydrogen-bond donors (Lipinski definition) is 3. The van der Waals surface area contributed by atoms with Crippen LogP contribution in [0.15, 0.2) is 18.2 Å². The van der Waals surface area contributed by atoms with Crippen molar-refractivity contribution >= 4 is 24.5 Å². The molecule has 0 aliphatic heterocycles. The highest BCUT2D eigenvalue weighted by Gasteiger charge is 2.44. The van der Waals surface area contributed by atoms with Gasteiger partial charge in [-0.3, -0.25) is 4.57 Å². The summed E-state index contributed by atoms with van der Waals surface area (Å²) in [6.45, 7) is 0. The first-order chi connectivity index (χ1) is 11.1. The third kappa shape index (κ3) is 4.73. The minimum absolute atomic E-state index is 0.0735. The molecule has 9 nitrogen and oxygen atoms in total. The Labute approximate surface area is 141 Å². The van der Waals surface area contributed by atoms with Gasteiger partial charge in [-0.05, 0) is 23.8 Å². The third-order valence-corrected chi connectivity index (χ3v) is 6.18. The van der Waals surface area contributed by atoms with Crippen molar-refractivity contribution in [1.29, 1.82) is 0 Å². The lowest BCUT2D eigenvalue weighted by atomic mass is 10.0. The van der Waals surface area contributed by atoms with E-state index in [0.29, 0.717) is 0 Å². The van der Waals surface area contributed by atoms with Crippen LogP contribution in [0, 0.1) is 0 Å². The number of aliphatic hydroxyl groups is 2. The highest BCUT2D eigenvalue weighted by Crippen LogP contribution is 2.46. The van der Waals surface area contributed by atoms with Crippen LogP contribution < -0.4 is 0 Å². The van der Waals surface area contributed by atoms with Crippen LogP contribution in [0.4, 0.5) is 0 Å². The molecule has 5 atom stereocenters. The number of ether oxygens (including phenoxy) is 2. The average molecular weight is 400 g/mol. The second kappa shape index (κ2) is 8.19. The van der Waals surface area contributed by atoms with Crippen molar-refractivity contribution in [3.63, 3.8) is 0 Å². The number of benzene rings is 1. The summed E-state index contributed by atoms with van der Waals surface area (Å²) in [4.78, 5) is 9.62. The molecule has 0 bridgehead atoms. The van der Waals surface area contributed by atoms with Gasteiger partial charge in [0.25, 0.3) is 0 Å². The molecule has 0 radical (unpaired) electrons. The molecule has 1 aromatic carbocycles. The summed E-state index contributed by atoms with van der Waals surface area (Å²) < 4.78 is 48.5. The highest BCUT2D eigenvalue weighted by molar-refractivity contribution is 7.51. The van der Waals surface area contributed by atoms with Gasteiger partial charge in [-0.15, -0.1) is 0 Å². The fourth-order valence-corrected chi connectivity index (χ4v) is 3.37. The van der Waals surface area contributed by atoms with Crippen LogP contribution in [0.1, 0.15) is 16.7 Å². The van der Waals surface area contributed by atoms with Crippen molar-refractivity contribution in [2.75, 3.05) is 21.3 Å². The van der Waals surface area contributed by atoms with E-state index in [9.17, 15) is 28.8 Å². The monoisotopic (exact) mass is 400 g/mol. The summed E-state index contributed by atoms with van der Waals surface area (Å²) in [6, 6.07) is 3.72. The lowest BCUT2D eigenvalue weighted by molar-refractivity contribution is -0.123. The zero-order valence-electron chi connectivity index (χ0n) is 13.2. The standard InChI is InChI=1S/C12H17O9P3/c1-19-11(13,22-15)9-4-8(7-24(17,18)21-3)5-10(6-9)12(14,20-2)23-16/h4-6,13-14H,7H2,1-3H3,(H,17,18)/p+2. The van der Waals surface area contributed by atoms with Crippen LogP contribution in [-0.2, 0) is 44.9 Å². The maximum Gasteiger partial charge on any atom is 0.397 e. The van der Waals surface area contributed by atoms with E-state index in [1.54, 1.807) is 0 Å². The molecule has 0 saturated heterocycles. The average Bonchev–Trinajstić information content (AvgIpc) is 2.59. The molecule has 0 aromatic heterocycles. The van der Waals surface area contributed by atoms with Gasteiger partial charge >= 0.3 is 35.6 Å². The summed E-state index contributed by atoms with van der Waals surface area (Å²) in [5, 5.41) is 20.5. The second-order valence-corrected chi connectivity index (χ2v) is 8.52. The molecule has 0 saturated carbocycles. The molecule has 24 heavy (non-hydrogen) atoms. The zero-order chi connectivity index (χ0) is 18.6. The summed E-state index contributed by atoms with van der Waals surface area (Å²) in [5.41, 5.74) is -4.42. The van der Waals surface area contributed by atoms with E-state index < -0.39 is 41.7 Å². The smallest absolute Gasteiger partial charge is 0.324 e. The Hall–Kier alpha value is -0.590. The van der Waals surface area contributed by atoms with Crippen molar-refractivity contribution in [1.82, 2.24) is 0 Å². The topological polar surface area (TPSA) is 140 Å². The molecule has 0 amide bonds. The van der Waals surface area contributed by atoms with Gasteiger partial charge in [0.15, 0.2) is 0 Å². The SMILES string of the molecule is COC(O)([PH+]=O)c1cc(CP(=O)(O)OC)cc(C(O)(OC)[PH+]=O)c1. The maximum absolute atomic E-state index is 11.8. The number of methoxy groups -OCH3 is 2. The number of hydrogen-bond acceptors (Lipinski definition) is 8. The molecular weight excluding hydrogens is 381 g/mol. The molecule has 0 fully saturated rings. The fourth-order valence-electron chi connectivity index (χ4n) is 1.91. The van der Waals surface area contributed by atoms with E-state index in [-0.39, 0.29) is 16.7 Å². The molecule has 134 valence electrons. The predicted molar refractivity (Wildman–Crippen MR) is 86.8 cm³/mol. The van der Waals surface area contributed by atoms with E-state index in [2.05, 4.69) is 4.52 Å². The Morgan fingerprint density at radius 2 is 1.42 bits per heavy atom. The first-order valence-electron chi connectivity index (χ1n) is 6.46. The molecule has 0 aliphatic carbocycles. The molecule has 1 rings (SSSR count). The maximum atomic E-state index is 11.8. The van der Waals surface area contributed by atoms with Gasteiger partial charge in [-0.25, -0.2) is 0 Å². The van der Waals surface area contributed by atoms with Gasteiger partial charge in [0.2, 0.25) is 0 Å². The summed E-state index contributed by atoms with van der Waals surface area (Å²) in [6.07, 6.45) is -0.464. The van der Waals surface area contributed by atoms with Gasteiger partial charge < -0.3 is 29.1 Å². The van der Waals surface area contributed by atoms with Crippen LogP contribution in [0.25, 0.3) is 0 Å². The third-order valence-electron chi connectivity index (χ3n) is 3.31. The second-order valence-electron chi connectivity index (χ2n) is 4.80. The minimum atomic E-state index is -3.97. The Morgan fingerprint density at radius 3 is 1.71 bits per heavy atom. The molecule has 0 heterocycles. The van der Waals surface area contributed by atoms with E-state index in [4.69, 9.17) is 9.47 Å². The first kappa shape index (κ1) is 21.5. The van der Waals surface area contributed by atoms with Crippen molar-refractivity contribution in [3.8, 4) is 0 Å². The zero-order valence-corrected chi connectivity index (χ0v) is 16.1. The van der Waals surface area contributed by atoms with Gasteiger partial charge in [-0.2, -0.15) is 0 Å². The Bertz CT molecular complexity index is 627. The molecule has 5 unspecified atom stereocenters. The largest absolute Gasteiger partial charge is 0.397 e. The lowest BCUT2D eigenvalue weighted by Gasteiger charge is -2.19. The van der Waals surface area contributed by atoms with Gasteiger partial charge in [0.1, 0.15) is 0 Å². The van der Waals surface area contributed by atoms with Gasteiger partial charge in [0, 0.05) is 21.3 Å². The molecule has 3 N–H and O–H groups in total. The van der Waals surface area contributed by atoms with Gasteiger partial charge in [-0.1, -0.05) is 9.13 Å². The van der Waals surface area contributed by atoms with Gasteiger partial charge in [0.05, 0.1) is 17.3 Å². The Balaban J connectivity index is 3.59. The van der Waals surface area contributed by atoms with Crippen LogP contribution in [0.2, 0.25) is 0 Å². The van der Waals surface area contributed by atoms with Crippen LogP contribution in [-0.4, -0.2) is 36.4 Å². The normalized spacial score (nSPS) is 19.6. The number of rotatable bonds is 9. The molecule has 12 heteroatoms. The van der Waals surface area contributed by atoms with E-state index in [1.165, 1.54) is 18.2 Å². The molecular formula is C12H19O9P3+2. The van der Waals surface area contributed by atoms with E-state index in [1.807, 2.05) is 0 Å². The first-order valence-corrected chi connectivity index (χ1v) is 10.0. The lowest BCUT2D eigenvalue weighted by Crippen LogP contribution is -2.25. The van der Waals surface area contributed by atoms with Crippen LogP contribution in [0.3, 0.4) is 0 Å². The van der Waals surface area contributed by atoms with Crippen LogP contribution >= 0.6 is 24.5 Å². The Kier molecular flexibility index (Phi) is 7.32.